The normalized spacial score (nSPS) is 10.7. The summed E-state index contributed by atoms with van der Waals surface area (Å²) in [7, 11) is 0. The van der Waals surface area contributed by atoms with Gasteiger partial charge in [-0.3, -0.25) is 0 Å². The Hall–Kier alpha value is -2.42. The first-order valence-corrected chi connectivity index (χ1v) is 6.83. The molecule has 0 aliphatic rings. The average molecular weight is 263 g/mol. The third-order valence-corrected chi connectivity index (χ3v) is 3.32. The van der Waals surface area contributed by atoms with E-state index in [2.05, 4.69) is 58.6 Å². The molecule has 0 saturated heterocycles. The number of rotatable bonds is 3. The highest BCUT2D eigenvalue weighted by molar-refractivity contribution is 5.87. The Morgan fingerprint density at radius 1 is 0.900 bits per heavy atom. The zero-order valence-corrected chi connectivity index (χ0v) is 11.7. The second-order valence-corrected chi connectivity index (χ2v) is 4.89. The fourth-order valence-corrected chi connectivity index (χ4v) is 2.27. The van der Waals surface area contributed by atoms with Crippen LogP contribution in [-0.4, -0.2) is 16.5 Å². The molecule has 0 spiro atoms. The Morgan fingerprint density at radius 2 is 1.60 bits per heavy atom. The summed E-state index contributed by atoms with van der Waals surface area (Å²) in [6.45, 7) is 4.97. The molecule has 1 N–H and O–H groups in total. The topological polar surface area (TPSA) is 37.8 Å². The predicted molar refractivity (Wildman–Crippen MR) is 83.9 cm³/mol. The Kier molecular flexibility index (Phi) is 3.33. The summed E-state index contributed by atoms with van der Waals surface area (Å²) in [6.07, 6.45) is 3.72. The number of aromatic nitrogens is 2. The monoisotopic (exact) mass is 263 g/mol. The second kappa shape index (κ2) is 5.29. The van der Waals surface area contributed by atoms with Crippen molar-refractivity contribution in [3.05, 3.63) is 54.4 Å². The first kappa shape index (κ1) is 12.6. The van der Waals surface area contributed by atoms with Crippen molar-refractivity contribution in [2.45, 2.75) is 13.8 Å². The zero-order chi connectivity index (χ0) is 13.9. The first-order valence-electron chi connectivity index (χ1n) is 6.83. The van der Waals surface area contributed by atoms with Gasteiger partial charge in [-0.25, -0.2) is 9.97 Å². The van der Waals surface area contributed by atoms with Gasteiger partial charge in [0.2, 0.25) is 5.95 Å². The molecule has 100 valence electrons. The van der Waals surface area contributed by atoms with Crippen LogP contribution in [0.3, 0.4) is 0 Å². The quantitative estimate of drug-likeness (QED) is 0.775. The van der Waals surface area contributed by atoms with Crippen molar-refractivity contribution in [2.75, 3.05) is 11.9 Å². The molecule has 1 aromatic heterocycles. The fourth-order valence-electron chi connectivity index (χ4n) is 2.27. The van der Waals surface area contributed by atoms with Crippen LogP contribution >= 0.6 is 0 Å². The van der Waals surface area contributed by atoms with Gasteiger partial charge in [-0.1, -0.05) is 35.9 Å². The van der Waals surface area contributed by atoms with E-state index in [0.717, 1.165) is 17.7 Å². The fraction of sp³-hybridized carbons (Fsp3) is 0.176. The van der Waals surface area contributed by atoms with Gasteiger partial charge in [0, 0.05) is 24.5 Å². The van der Waals surface area contributed by atoms with Crippen molar-refractivity contribution in [1.29, 1.82) is 0 Å². The van der Waals surface area contributed by atoms with Gasteiger partial charge in [0.15, 0.2) is 0 Å². The van der Waals surface area contributed by atoms with Crippen LogP contribution in [-0.2, 0) is 0 Å². The molecule has 2 aromatic carbocycles. The first-order chi connectivity index (χ1) is 9.76. The molecular formula is C17H17N3. The van der Waals surface area contributed by atoms with Crippen LogP contribution in [0.15, 0.2) is 48.8 Å². The van der Waals surface area contributed by atoms with E-state index in [1.54, 1.807) is 0 Å². The van der Waals surface area contributed by atoms with Gasteiger partial charge in [-0.2, -0.15) is 0 Å². The van der Waals surface area contributed by atoms with E-state index in [9.17, 15) is 0 Å². The zero-order valence-electron chi connectivity index (χ0n) is 11.7. The summed E-state index contributed by atoms with van der Waals surface area (Å²) in [5.74, 6) is 0.674. The molecule has 0 radical (unpaired) electrons. The van der Waals surface area contributed by atoms with E-state index < -0.39 is 0 Å². The summed E-state index contributed by atoms with van der Waals surface area (Å²) in [4.78, 5) is 8.63. The van der Waals surface area contributed by atoms with Crippen molar-refractivity contribution < 1.29 is 0 Å². The lowest BCUT2D eigenvalue weighted by molar-refractivity contribution is 1.09. The molecule has 3 nitrogen and oxygen atoms in total. The summed E-state index contributed by atoms with van der Waals surface area (Å²) >= 11 is 0. The number of fused-ring (bicyclic) bond motifs is 1. The number of aryl methyl sites for hydroxylation is 1. The van der Waals surface area contributed by atoms with Gasteiger partial charge in [0.05, 0.1) is 0 Å². The minimum atomic E-state index is 0.674. The van der Waals surface area contributed by atoms with Gasteiger partial charge >= 0.3 is 0 Å². The molecular weight excluding hydrogens is 246 g/mol. The maximum absolute atomic E-state index is 4.32. The highest BCUT2D eigenvalue weighted by atomic mass is 15.1. The summed E-state index contributed by atoms with van der Waals surface area (Å²) in [5, 5.41) is 5.60. The lowest BCUT2D eigenvalue weighted by Gasteiger charge is -2.06. The van der Waals surface area contributed by atoms with Gasteiger partial charge < -0.3 is 5.32 Å². The average Bonchev–Trinajstić information content (AvgIpc) is 2.48. The van der Waals surface area contributed by atoms with Crippen LogP contribution in [0.25, 0.3) is 21.9 Å². The number of hydrogen-bond acceptors (Lipinski definition) is 3. The molecule has 0 aliphatic heterocycles. The van der Waals surface area contributed by atoms with Crippen molar-refractivity contribution in [3.63, 3.8) is 0 Å². The van der Waals surface area contributed by atoms with Crippen molar-refractivity contribution >= 4 is 16.7 Å². The van der Waals surface area contributed by atoms with Gasteiger partial charge in [0.1, 0.15) is 0 Å². The van der Waals surface area contributed by atoms with Gasteiger partial charge in [0.25, 0.3) is 0 Å². The summed E-state index contributed by atoms with van der Waals surface area (Å²) in [6, 6.07) is 12.9. The van der Waals surface area contributed by atoms with Gasteiger partial charge in [-0.05, 0) is 36.2 Å². The Morgan fingerprint density at radius 3 is 2.35 bits per heavy atom. The van der Waals surface area contributed by atoms with Crippen LogP contribution in [0.2, 0.25) is 0 Å². The largest absolute Gasteiger partial charge is 0.355 e. The Bertz CT molecular complexity index is 733. The smallest absolute Gasteiger partial charge is 0.222 e. The SMILES string of the molecule is CCNc1ncc(-c2ccc3cc(C)ccc3c2)cn1. The van der Waals surface area contributed by atoms with Crippen LogP contribution in [0.5, 0.6) is 0 Å². The molecule has 3 rings (SSSR count). The standard InChI is InChI=1S/C17H17N3/c1-3-18-17-19-10-16(11-20-17)15-7-6-13-8-12(2)4-5-14(13)9-15/h4-11H,3H2,1-2H3,(H,18,19,20). The molecule has 0 amide bonds. The van der Waals surface area contributed by atoms with Crippen molar-refractivity contribution in [1.82, 2.24) is 9.97 Å². The van der Waals surface area contributed by atoms with Crippen LogP contribution in [0.1, 0.15) is 12.5 Å². The van der Waals surface area contributed by atoms with E-state index in [4.69, 9.17) is 0 Å². The number of nitrogens with one attached hydrogen (secondary N) is 1. The van der Waals surface area contributed by atoms with E-state index in [1.165, 1.54) is 16.3 Å². The third-order valence-electron chi connectivity index (χ3n) is 3.32. The molecule has 20 heavy (non-hydrogen) atoms. The minimum absolute atomic E-state index is 0.674. The number of benzene rings is 2. The third kappa shape index (κ3) is 2.48. The molecule has 0 aliphatic carbocycles. The van der Waals surface area contributed by atoms with E-state index in [-0.39, 0.29) is 0 Å². The molecule has 0 unspecified atom stereocenters. The highest BCUT2D eigenvalue weighted by Crippen LogP contribution is 2.24. The number of anilines is 1. The number of nitrogens with zero attached hydrogens (tertiary/aromatic N) is 2. The highest BCUT2D eigenvalue weighted by Gasteiger charge is 2.02. The number of hydrogen-bond donors (Lipinski definition) is 1. The maximum atomic E-state index is 4.32. The predicted octanol–water partition coefficient (Wildman–Crippen LogP) is 4.04. The molecule has 0 atom stereocenters. The van der Waals surface area contributed by atoms with E-state index in [0.29, 0.717) is 5.95 Å². The molecule has 0 saturated carbocycles. The van der Waals surface area contributed by atoms with E-state index >= 15 is 0 Å². The van der Waals surface area contributed by atoms with Crippen molar-refractivity contribution in [3.8, 4) is 11.1 Å². The van der Waals surface area contributed by atoms with Crippen LogP contribution in [0.4, 0.5) is 5.95 Å². The Balaban J connectivity index is 1.99. The van der Waals surface area contributed by atoms with Crippen LogP contribution < -0.4 is 5.32 Å². The minimum Gasteiger partial charge on any atom is -0.355 e. The molecule has 3 aromatic rings. The molecule has 0 fully saturated rings. The van der Waals surface area contributed by atoms with E-state index in [1.807, 2.05) is 19.3 Å². The molecule has 1 heterocycles. The molecule has 3 heteroatoms. The van der Waals surface area contributed by atoms with Gasteiger partial charge in [-0.15, -0.1) is 0 Å². The van der Waals surface area contributed by atoms with Crippen molar-refractivity contribution in [2.24, 2.45) is 0 Å². The summed E-state index contributed by atoms with van der Waals surface area (Å²) < 4.78 is 0. The maximum Gasteiger partial charge on any atom is 0.222 e. The van der Waals surface area contributed by atoms with Crippen LogP contribution in [0, 0.1) is 6.92 Å². The second-order valence-electron chi connectivity index (χ2n) is 4.89. The molecule has 0 bridgehead atoms. The lowest BCUT2D eigenvalue weighted by Crippen LogP contribution is -2.01. The lowest BCUT2D eigenvalue weighted by atomic mass is 10.0. The Labute approximate surface area is 118 Å². The summed E-state index contributed by atoms with van der Waals surface area (Å²) in [5.41, 5.74) is 3.46.